The van der Waals surface area contributed by atoms with Crippen LogP contribution >= 0.6 is 27.5 Å². The van der Waals surface area contributed by atoms with Gasteiger partial charge < -0.3 is 14.8 Å². The fourth-order valence-electron chi connectivity index (χ4n) is 1.77. The number of amides is 1. The minimum atomic E-state index is -0.631. The van der Waals surface area contributed by atoms with Crippen molar-refractivity contribution in [2.24, 2.45) is 0 Å². The quantitative estimate of drug-likeness (QED) is 0.729. The number of hydrogen-bond acceptors (Lipinski definition) is 4. The van der Waals surface area contributed by atoms with Crippen molar-refractivity contribution < 1.29 is 19.1 Å². The summed E-state index contributed by atoms with van der Waals surface area (Å²) in [5.41, 5.74) is 1.46. The number of aryl methyl sites for hydroxylation is 1. The Labute approximate surface area is 153 Å². The fourth-order valence-corrected chi connectivity index (χ4v) is 2.15. The average molecular weight is 413 g/mol. The van der Waals surface area contributed by atoms with Crippen LogP contribution in [0.25, 0.3) is 0 Å². The number of benzene rings is 2. The highest BCUT2D eigenvalue weighted by Gasteiger charge is 2.09. The second-order valence-electron chi connectivity index (χ2n) is 4.92. The molecular formula is C17H15BrClNO4. The molecule has 0 aliphatic rings. The smallest absolute Gasteiger partial charge is 0.344 e. The molecule has 0 aliphatic carbocycles. The Kier molecular flexibility index (Phi) is 6.63. The highest BCUT2D eigenvalue weighted by atomic mass is 79.9. The third kappa shape index (κ3) is 5.86. The Balaban J connectivity index is 1.73. The van der Waals surface area contributed by atoms with Crippen LogP contribution in [0.15, 0.2) is 46.9 Å². The minimum absolute atomic E-state index is 0.285. The number of ether oxygens (including phenoxy) is 2. The van der Waals surface area contributed by atoms with Crippen molar-refractivity contribution in [2.75, 3.05) is 18.5 Å². The van der Waals surface area contributed by atoms with Crippen molar-refractivity contribution >= 4 is 45.1 Å². The van der Waals surface area contributed by atoms with Crippen LogP contribution in [-0.4, -0.2) is 25.1 Å². The Morgan fingerprint density at radius 1 is 1.12 bits per heavy atom. The summed E-state index contributed by atoms with van der Waals surface area (Å²) in [6.07, 6.45) is 0. The van der Waals surface area contributed by atoms with E-state index in [1.165, 1.54) is 0 Å². The van der Waals surface area contributed by atoms with Crippen LogP contribution in [0.3, 0.4) is 0 Å². The fraction of sp³-hybridized carbons (Fsp3) is 0.176. The molecule has 0 atom stereocenters. The summed E-state index contributed by atoms with van der Waals surface area (Å²) in [5.74, 6) is -0.547. The van der Waals surface area contributed by atoms with Crippen molar-refractivity contribution in [1.82, 2.24) is 0 Å². The zero-order valence-corrected chi connectivity index (χ0v) is 15.2. The van der Waals surface area contributed by atoms with Crippen molar-refractivity contribution in [3.8, 4) is 5.75 Å². The van der Waals surface area contributed by atoms with Gasteiger partial charge in [-0.2, -0.15) is 0 Å². The maximum Gasteiger partial charge on any atom is 0.344 e. The summed E-state index contributed by atoms with van der Waals surface area (Å²) in [7, 11) is 0. The number of esters is 1. The monoisotopic (exact) mass is 411 g/mol. The normalized spacial score (nSPS) is 10.1. The van der Waals surface area contributed by atoms with Gasteiger partial charge in [0.15, 0.2) is 13.2 Å². The number of carbonyl (C=O) groups excluding carboxylic acids is 2. The molecule has 0 saturated carbocycles. The summed E-state index contributed by atoms with van der Waals surface area (Å²) in [6.45, 7) is 1.17. The zero-order chi connectivity index (χ0) is 17.5. The number of halogens is 2. The first kappa shape index (κ1) is 18.3. The van der Waals surface area contributed by atoms with Gasteiger partial charge in [-0.1, -0.05) is 27.5 Å². The molecule has 0 spiro atoms. The van der Waals surface area contributed by atoms with Gasteiger partial charge in [0.2, 0.25) is 0 Å². The largest absolute Gasteiger partial charge is 0.482 e. The van der Waals surface area contributed by atoms with Gasteiger partial charge in [-0.3, -0.25) is 4.79 Å². The van der Waals surface area contributed by atoms with Gasteiger partial charge in [0, 0.05) is 15.2 Å². The predicted molar refractivity (Wildman–Crippen MR) is 95.4 cm³/mol. The van der Waals surface area contributed by atoms with Gasteiger partial charge in [-0.15, -0.1) is 0 Å². The van der Waals surface area contributed by atoms with Crippen LogP contribution in [0.1, 0.15) is 5.56 Å². The van der Waals surface area contributed by atoms with Crippen LogP contribution in [-0.2, 0) is 14.3 Å². The van der Waals surface area contributed by atoms with Gasteiger partial charge in [-0.25, -0.2) is 4.79 Å². The molecule has 5 nitrogen and oxygen atoms in total. The maximum absolute atomic E-state index is 11.7. The van der Waals surface area contributed by atoms with E-state index >= 15 is 0 Å². The second kappa shape index (κ2) is 8.70. The molecule has 2 aromatic carbocycles. The summed E-state index contributed by atoms with van der Waals surface area (Å²) in [6, 6.07) is 12.1. The number of hydrogen-bond donors (Lipinski definition) is 1. The van der Waals surface area contributed by atoms with E-state index in [2.05, 4.69) is 21.2 Å². The van der Waals surface area contributed by atoms with E-state index in [0.717, 1.165) is 10.0 Å². The lowest BCUT2D eigenvalue weighted by Gasteiger charge is -2.09. The van der Waals surface area contributed by atoms with E-state index in [4.69, 9.17) is 21.1 Å². The van der Waals surface area contributed by atoms with Crippen molar-refractivity contribution in [1.29, 1.82) is 0 Å². The van der Waals surface area contributed by atoms with Crippen molar-refractivity contribution in [3.05, 3.63) is 57.5 Å². The van der Waals surface area contributed by atoms with Crippen LogP contribution in [0.5, 0.6) is 5.75 Å². The van der Waals surface area contributed by atoms with Crippen LogP contribution in [0.2, 0.25) is 5.02 Å². The molecule has 2 rings (SSSR count). The van der Waals surface area contributed by atoms with Crippen molar-refractivity contribution in [2.45, 2.75) is 6.92 Å². The molecule has 1 N–H and O–H groups in total. The van der Waals surface area contributed by atoms with E-state index in [1.54, 1.807) is 42.5 Å². The summed E-state index contributed by atoms with van der Waals surface area (Å²) in [4.78, 5) is 23.3. The molecule has 0 radical (unpaired) electrons. The lowest BCUT2D eigenvalue weighted by atomic mass is 10.2. The molecular weight excluding hydrogens is 398 g/mol. The summed E-state index contributed by atoms with van der Waals surface area (Å²) < 4.78 is 11.1. The molecule has 0 fully saturated rings. The molecule has 0 aliphatic heterocycles. The molecule has 0 bridgehead atoms. The molecule has 0 aromatic heterocycles. The SMILES string of the molecule is Cc1cc(OCC(=O)OCC(=O)Nc2ccc(Br)cc2)ccc1Cl. The van der Waals surface area contributed by atoms with E-state index in [0.29, 0.717) is 16.5 Å². The average Bonchev–Trinajstić information content (AvgIpc) is 2.56. The van der Waals surface area contributed by atoms with E-state index in [-0.39, 0.29) is 13.2 Å². The predicted octanol–water partition coefficient (Wildman–Crippen LogP) is 3.97. The third-order valence-electron chi connectivity index (χ3n) is 2.98. The third-order valence-corrected chi connectivity index (χ3v) is 3.93. The van der Waals surface area contributed by atoms with Crippen LogP contribution < -0.4 is 10.1 Å². The first-order valence-electron chi connectivity index (χ1n) is 7.04. The van der Waals surface area contributed by atoms with Gasteiger partial charge in [0.1, 0.15) is 5.75 Å². The number of rotatable bonds is 6. The van der Waals surface area contributed by atoms with Gasteiger partial charge in [-0.05, 0) is 55.0 Å². The molecule has 2 aromatic rings. The lowest BCUT2D eigenvalue weighted by molar-refractivity contribution is -0.149. The molecule has 126 valence electrons. The molecule has 1 amide bonds. The Bertz CT molecular complexity index is 734. The molecule has 0 heterocycles. The second-order valence-corrected chi connectivity index (χ2v) is 6.24. The van der Waals surface area contributed by atoms with Crippen LogP contribution in [0, 0.1) is 6.92 Å². The van der Waals surface area contributed by atoms with Crippen LogP contribution in [0.4, 0.5) is 5.69 Å². The summed E-state index contributed by atoms with van der Waals surface area (Å²) in [5, 5.41) is 3.24. The van der Waals surface area contributed by atoms with Gasteiger partial charge in [0.25, 0.3) is 5.91 Å². The van der Waals surface area contributed by atoms with Crippen molar-refractivity contribution in [3.63, 3.8) is 0 Å². The van der Waals surface area contributed by atoms with E-state index < -0.39 is 11.9 Å². The first-order valence-corrected chi connectivity index (χ1v) is 8.21. The topological polar surface area (TPSA) is 64.6 Å². The van der Waals surface area contributed by atoms with E-state index in [9.17, 15) is 9.59 Å². The summed E-state index contributed by atoms with van der Waals surface area (Å²) >= 11 is 9.21. The van der Waals surface area contributed by atoms with Gasteiger partial charge in [0.05, 0.1) is 0 Å². The highest BCUT2D eigenvalue weighted by molar-refractivity contribution is 9.10. The minimum Gasteiger partial charge on any atom is -0.482 e. The Morgan fingerprint density at radius 2 is 1.83 bits per heavy atom. The first-order chi connectivity index (χ1) is 11.4. The molecule has 0 saturated heterocycles. The maximum atomic E-state index is 11.7. The molecule has 7 heteroatoms. The lowest BCUT2D eigenvalue weighted by Crippen LogP contribution is -2.23. The molecule has 0 unspecified atom stereocenters. The number of carbonyl (C=O) groups is 2. The number of anilines is 1. The Hall–Kier alpha value is -2.05. The van der Waals surface area contributed by atoms with E-state index in [1.807, 2.05) is 6.92 Å². The highest BCUT2D eigenvalue weighted by Crippen LogP contribution is 2.21. The standard InChI is InChI=1S/C17H15BrClNO4/c1-11-8-14(6-7-15(11)19)23-10-17(22)24-9-16(21)20-13-4-2-12(18)3-5-13/h2-8H,9-10H2,1H3,(H,20,21). The van der Waals surface area contributed by atoms with Gasteiger partial charge >= 0.3 is 5.97 Å². The number of nitrogens with one attached hydrogen (secondary N) is 1. The molecule has 24 heavy (non-hydrogen) atoms. The zero-order valence-electron chi connectivity index (χ0n) is 12.8. The Morgan fingerprint density at radius 3 is 2.50 bits per heavy atom.